The average molecular weight is 526 g/mol. The number of benzene rings is 2. The van der Waals surface area contributed by atoms with E-state index in [9.17, 15) is 36.2 Å². The second kappa shape index (κ2) is 11.2. The van der Waals surface area contributed by atoms with Gasteiger partial charge in [-0.1, -0.05) is 30.3 Å². The molecule has 0 bridgehead atoms. The molecule has 0 fully saturated rings. The lowest BCUT2D eigenvalue weighted by Crippen LogP contribution is -2.22. The largest absolute Gasteiger partial charge is 0.478 e. The number of nitrogens with zero attached hydrogens (tertiary/aromatic N) is 3. The first-order valence-corrected chi connectivity index (χ1v) is 11.1. The van der Waals surface area contributed by atoms with E-state index >= 15 is 0 Å². The molecule has 0 amide bonds. The van der Waals surface area contributed by atoms with Gasteiger partial charge in [0, 0.05) is 18.7 Å². The Morgan fingerprint density at radius 3 is 2.03 bits per heavy atom. The minimum atomic E-state index is -4.98. The number of likely N-dealkylation sites (N-methyl/N-ethyl adjacent to an activating group) is 1. The zero-order chi connectivity index (χ0) is 27.4. The number of aromatic carboxylic acids is 1. The van der Waals surface area contributed by atoms with Crippen molar-refractivity contribution in [2.24, 2.45) is 0 Å². The maximum atomic E-state index is 13.3. The number of halogens is 6. The first-order valence-electron chi connectivity index (χ1n) is 11.1. The molecule has 0 aliphatic rings. The Labute approximate surface area is 209 Å². The Kier molecular flexibility index (Phi) is 8.42. The fraction of sp³-hybridized carbons (Fsp3) is 0.320. The van der Waals surface area contributed by atoms with Crippen molar-refractivity contribution in [1.82, 2.24) is 14.9 Å². The van der Waals surface area contributed by atoms with E-state index in [0.717, 1.165) is 0 Å². The van der Waals surface area contributed by atoms with Crippen LogP contribution in [-0.4, -0.2) is 53.1 Å². The van der Waals surface area contributed by atoms with Crippen LogP contribution in [0.1, 0.15) is 32.7 Å². The zero-order valence-electron chi connectivity index (χ0n) is 19.9. The molecule has 0 saturated carbocycles. The molecule has 6 nitrogen and oxygen atoms in total. The molecule has 2 N–H and O–H groups in total. The summed E-state index contributed by atoms with van der Waals surface area (Å²) in [4.78, 5) is 22.7. The summed E-state index contributed by atoms with van der Waals surface area (Å²) in [6.45, 7) is 1.01. The minimum absolute atomic E-state index is 0.0142. The van der Waals surface area contributed by atoms with E-state index in [1.165, 1.54) is 0 Å². The molecule has 0 aliphatic carbocycles. The van der Waals surface area contributed by atoms with Gasteiger partial charge in [-0.25, -0.2) is 14.8 Å². The van der Waals surface area contributed by atoms with Crippen molar-refractivity contribution in [1.29, 1.82) is 0 Å². The quantitative estimate of drug-likeness (QED) is 0.352. The van der Waals surface area contributed by atoms with Crippen molar-refractivity contribution in [2.75, 3.05) is 32.5 Å². The third-order valence-electron chi connectivity index (χ3n) is 5.39. The summed E-state index contributed by atoms with van der Waals surface area (Å²) in [5, 5.41) is 12.9. The Morgan fingerprint density at radius 1 is 0.919 bits per heavy atom. The van der Waals surface area contributed by atoms with E-state index in [2.05, 4.69) is 15.3 Å². The summed E-state index contributed by atoms with van der Waals surface area (Å²) >= 11 is 0. The summed E-state index contributed by atoms with van der Waals surface area (Å²) in [6, 6.07) is 9.70. The molecule has 0 aliphatic heterocycles. The van der Waals surface area contributed by atoms with Crippen LogP contribution < -0.4 is 5.32 Å². The van der Waals surface area contributed by atoms with Crippen LogP contribution in [0.4, 0.5) is 32.3 Å². The van der Waals surface area contributed by atoms with E-state index < -0.39 is 29.4 Å². The minimum Gasteiger partial charge on any atom is -0.478 e. The van der Waals surface area contributed by atoms with Crippen molar-refractivity contribution in [3.63, 3.8) is 0 Å². The summed E-state index contributed by atoms with van der Waals surface area (Å²) in [5.41, 5.74) is -2.85. The number of hydrogen-bond acceptors (Lipinski definition) is 5. The van der Waals surface area contributed by atoms with Gasteiger partial charge in [-0.2, -0.15) is 26.3 Å². The zero-order valence-corrected chi connectivity index (χ0v) is 19.9. The summed E-state index contributed by atoms with van der Waals surface area (Å²) < 4.78 is 79.6. The molecule has 3 rings (SSSR count). The molecule has 1 aromatic heterocycles. The summed E-state index contributed by atoms with van der Waals surface area (Å²) in [5.74, 6) is -1.27. The van der Waals surface area contributed by atoms with Gasteiger partial charge in [0.1, 0.15) is 5.56 Å². The van der Waals surface area contributed by atoms with Gasteiger partial charge in [0.15, 0.2) is 0 Å². The second-order valence-electron chi connectivity index (χ2n) is 8.53. The van der Waals surface area contributed by atoms with Gasteiger partial charge in [0.2, 0.25) is 5.95 Å². The fourth-order valence-corrected chi connectivity index (χ4v) is 3.61. The van der Waals surface area contributed by atoms with Crippen LogP contribution in [0.3, 0.4) is 0 Å². The van der Waals surface area contributed by atoms with Crippen LogP contribution >= 0.6 is 0 Å². The van der Waals surface area contributed by atoms with Crippen LogP contribution in [0, 0.1) is 0 Å². The topological polar surface area (TPSA) is 78.4 Å². The summed E-state index contributed by atoms with van der Waals surface area (Å²) in [6.07, 6.45) is -10.5. The molecule has 0 unspecified atom stereocenters. The molecule has 0 saturated heterocycles. The standard InChI is InChI=1S/C25H24F6N4O2/c1-35(2)11-10-32-23-33-19(20(22(36)37)21(34-23)16-6-4-3-5-7-16)9-8-15-12-17(24(26,27)28)14-18(13-15)25(29,30)31/h3-7,12-14H,8-11H2,1-2H3,(H,36,37)(H,32,33,34). The number of anilines is 1. The van der Waals surface area contributed by atoms with E-state index in [1.54, 1.807) is 30.3 Å². The Hall–Kier alpha value is -3.67. The number of alkyl halides is 6. The lowest BCUT2D eigenvalue weighted by atomic mass is 9.97. The summed E-state index contributed by atoms with van der Waals surface area (Å²) in [7, 11) is 3.70. The number of aryl methyl sites for hydroxylation is 2. The van der Waals surface area contributed by atoms with Gasteiger partial charge in [0.05, 0.1) is 22.5 Å². The number of carboxylic acid groups (broad SMARTS) is 1. The first-order chi connectivity index (χ1) is 17.3. The molecule has 0 spiro atoms. The molecule has 198 valence electrons. The van der Waals surface area contributed by atoms with Crippen LogP contribution in [0.25, 0.3) is 11.3 Å². The molecule has 0 radical (unpaired) electrons. The van der Waals surface area contributed by atoms with Crippen molar-refractivity contribution in [3.8, 4) is 11.3 Å². The third-order valence-corrected chi connectivity index (χ3v) is 5.39. The Balaban J connectivity index is 2.06. The monoisotopic (exact) mass is 526 g/mol. The second-order valence-corrected chi connectivity index (χ2v) is 8.53. The predicted molar refractivity (Wildman–Crippen MR) is 125 cm³/mol. The maximum Gasteiger partial charge on any atom is 0.416 e. The third kappa shape index (κ3) is 7.42. The van der Waals surface area contributed by atoms with Crippen LogP contribution in [0.15, 0.2) is 48.5 Å². The molecular weight excluding hydrogens is 502 g/mol. The highest BCUT2D eigenvalue weighted by molar-refractivity contribution is 5.96. The van der Waals surface area contributed by atoms with Gasteiger partial charge >= 0.3 is 18.3 Å². The smallest absolute Gasteiger partial charge is 0.416 e. The van der Waals surface area contributed by atoms with Crippen molar-refractivity contribution in [2.45, 2.75) is 25.2 Å². The van der Waals surface area contributed by atoms with Crippen molar-refractivity contribution >= 4 is 11.9 Å². The predicted octanol–water partition coefficient (Wildman–Crippen LogP) is 5.64. The number of nitrogens with one attached hydrogen (secondary N) is 1. The normalized spacial score (nSPS) is 12.1. The molecule has 37 heavy (non-hydrogen) atoms. The van der Waals surface area contributed by atoms with E-state index in [4.69, 9.17) is 0 Å². The lowest BCUT2D eigenvalue weighted by molar-refractivity contribution is -0.143. The van der Waals surface area contributed by atoms with Gasteiger partial charge in [-0.3, -0.25) is 0 Å². The highest BCUT2D eigenvalue weighted by Gasteiger charge is 2.37. The number of aromatic nitrogens is 2. The van der Waals surface area contributed by atoms with Crippen LogP contribution in [-0.2, 0) is 25.2 Å². The molecule has 2 aromatic carbocycles. The van der Waals surface area contributed by atoms with E-state index in [1.807, 2.05) is 19.0 Å². The highest BCUT2D eigenvalue weighted by Crippen LogP contribution is 2.36. The molecule has 1 heterocycles. The van der Waals surface area contributed by atoms with Gasteiger partial charge < -0.3 is 15.3 Å². The molecule has 0 atom stereocenters. The number of hydrogen-bond donors (Lipinski definition) is 2. The number of carboxylic acids is 1. The van der Waals surface area contributed by atoms with Gasteiger partial charge in [0.25, 0.3) is 0 Å². The fourth-order valence-electron chi connectivity index (χ4n) is 3.61. The van der Waals surface area contributed by atoms with Crippen molar-refractivity contribution in [3.05, 3.63) is 76.5 Å². The Bertz CT molecular complexity index is 1210. The number of carbonyl (C=O) groups is 1. The SMILES string of the molecule is CN(C)CCNc1nc(CCc2cc(C(F)(F)F)cc(C(F)(F)F)c2)c(C(=O)O)c(-c2ccccc2)n1. The molecule has 3 aromatic rings. The first kappa shape index (κ1) is 27.9. The molecule has 12 heteroatoms. The lowest BCUT2D eigenvalue weighted by Gasteiger charge is -2.16. The van der Waals surface area contributed by atoms with E-state index in [-0.39, 0.29) is 47.4 Å². The highest BCUT2D eigenvalue weighted by atomic mass is 19.4. The van der Waals surface area contributed by atoms with Gasteiger partial charge in [-0.15, -0.1) is 0 Å². The maximum absolute atomic E-state index is 13.3. The van der Waals surface area contributed by atoms with Crippen molar-refractivity contribution < 1.29 is 36.2 Å². The van der Waals surface area contributed by atoms with E-state index in [0.29, 0.717) is 30.8 Å². The van der Waals surface area contributed by atoms with Crippen LogP contribution in [0.5, 0.6) is 0 Å². The number of rotatable bonds is 9. The van der Waals surface area contributed by atoms with Gasteiger partial charge in [-0.05, 0) is 50.7 Å². The molecular formula is C25H24F6N4O2. The van der Waals surface area contributed by atoms with Crippen LogP contribution in [0.2, 0.25) is 0 Å². The Morgan fingerprint density at radius 2 is 1.51 bits per heavy atom. The average Bonchev–Trinajstić information content (AvgIpc) is 2.81.